The average molecular weight is 239 g/mol. The molecule has 2 heterocycles. The van der Waals surface area contributed by atoms with Gasteiger partial charge in [0.15, 0.2) is 9.84 Å². The summed E-state index contributed by atoms with van der Waals surface area (Å²) >= 11 is 0. The van der Waals surface area contributed by atoms with E-state index >= 15 is 0 Å². The summed E-state index contributed by atoms with van der Waals surface area (Å²) in [5.41, 5.74) is 0.838. The topological polar surface area (TPSA) is 75.8 Å². The molecule has 6 heteroatoms. The highest BCUT2D eigenvalue weighted by molar-refractivity contribution is 7.91. The van der Waals surface area contributed by atoms with E-state index in [-0.39, 0.29) is 17.5 Å². The molecule has 86 valence electrons. The lowest BCUT2D eigenvalue weighted by molar-refractivity contribution is 0.435. The molecule has 2 rings (SSSR count). The Morgan fingerprint density at radius 3 is 3.12 bits per heavy atom. The van der Waals surface area contributed by atoms with Crippen molar-refractivity contribution in [2.75, 3.05) is 11.5 Å². The summed E-state index contributed by atoms with van der Waals surface area (Å²) in [6, 6.07) is 1.98. The van der Waals surface area contributed by atoms with Gasteiger partial charge >= 0.3 is 0 Å². The van der Waals surface area contributed by atoms with E-state index in [2.05, 4.69) is 5.10 Å². The summed E-state index contributed by atoms with van der Waals surface area (Å²) < 4.78 is 24.6. The van der Waals surface area contributed by atoms with Crippen LogP contribution in [0.3, 0.4) is 0 Å². The molecule has 1 unspecified atom stereocenters. The minimum atomic E-state index is -2.91. The van der Waals surface area contributed by atoms with Gasteiger partial charge in [0, 0.05) is 11.8 Å². The van der Waals surface area contributed by atoms with E-state index in [9.17, 15) is 8.42 Å². The van der Waals surface area contributed by atoms with Crippen LogP contribution in [-0.4, -0.2) is 29.7 Å². The average Bonchev–Trinajstić information content (AvgIpc) is 2.65. The fourth-order valence-electron chi connectivity index (χ4n) is 1.97. The zero-order valence-corrected chi connectivity index (χ0v) is 9.65. The van der Waals surface area contributed by atoms with Gasteiger partial charge in [0.2, 0.25) is 0 Å². The predicted octanol–water partition coefficient (Wildman–Crippen LogP) is 0.699. The van der Waals surface area contributed by atoms with Gasteiger partial charge in [-0.05, 0) is 12.8 Å². The van der Waals surface area contributed by atoms with Gasteiger partial charge in [0.05, 0.1) is 36.2 Å². The van der Waals surface area contributed by atoms with E-state index in [1.807, 2.05) is 6.07 Å². The number of nitrogens with zero attached hydrogens (tertiary/aromatic N) is 3. The summed E-state index contributed by atoms with van der Waals surface area (Å²) in [5, 5.41) is 12.7. The lowest BCUT2D eigenvalue weighted by Gasteiger charge is -2.22. The van der Waals surface area contributed by atoms with E-state index in [0.717, 1.165) is 12.0 Å². The maximum atomic E-state index is 11.5. The van der Waals surface area contributed by atoms with Crippen molar-refractivity contribution in [3.05, 3.63) is 18.0 Å². The zero-order chi connectivity index (χ0) is 11.6. The zero-order valence-electron chi connectivity index (χ0n) is 8.83. The van der Waals surface area contributed by atoms with Crippen molar-refractivity contribution in [1.82, 2.24) is 9.78 Å². The molecule has 1 saturated heterocycles. The smallest absolute Gasteiger partial charge is 0.152 e. The van der Waals surface area contributed by atoms with Gasteiger partial charge in [-0.15, -0.1) is 0 Å². The highest BCUT2D eigenvalue weighted by Crippen LogP contribution is 2.22. The van der Waals surface area contributed by atoms with E-state index in [4.69, 9.17) is 5.26 Å². The van der Waals surface area contributed by atoms with Crippen LogP contribution in [0, 0.1) is 11.3 Å². The van der Waals surface area contributed by atoms with Crippen molar-refractivity contribution in [3.63, 3.8) is 0 Å². The second-order valence-corrected chi connectivity index (χ2v) is 6.30. The number of hydrogen-bond donors (Lipinski definition) is 0. The molecule has 1 fully saturated rings. The standard InChI is InChI=1S/C10H13N3O2S/c11-4-3-9-6-12-13(7-9)10-2-1-5-16(14,15)8-10/h6-7,10H,1-3,5,8H2. The fourth-order valence-corrected chi connectivity index (χ4v) is 3.65. The van der Waals surface area contributed by atoms with Gasteiger partial charge in [-0.25, -0.2) is 8.42 Å². The maximum absolute atomic E-state index is 11.5. The first-order valence-electron chi connectivity index (χ1n) is 5.21. The van der Waals surface area contributed by atoms with Gasteiger partial charge in [0.1, 0.15) is 0 Å². The minimum Gasteiger partial charge on any atom is -0.268 e. The normalized spacial score (nSPS) is 23.8. The largest absolute Gasteiger partial charge is 0.268 e. The summed E-state index contributed by atoms with van der Waals surface area (Å²) in [6.45, 7) is 0. The van der Waals surface area contributed by atoms with Crippen LogP contribution in [-0.2, 0) is 16.3 Å². The molecule has 1 atom stereocenters. The van der Waals surface area contributed by atoms with Crippen molar-refractivity contribution >= 4 is 9.84 Å². The van der Waals surface area contributed by atoms with E-state index in [1.165, 1.54) is 0 Å². The Labute approximate surface area is 94.6 Å². The molecule has 1 aromatic rings. The summed E-state index contributed by atoms with van der Waals surface area (Å²) in [4.78, 5) is 0. The number of rotatable bonds is 2. The Balaban J connectivity index is 2.15. The number of hydrogen-bond acceptors (Lipinski definition) is 4. The molecule has 0 amide bonds. The van der Waals surface area contributed by atoms with Crippen molar-refractivity contribution in [1.29, 1.82) is 5.26 Å². The molecular formula is C10H13N3O2S. The summed E-state index contributed by atoms with van der Waals surface area (Å²) in [5.74, 6) is 0.455. The number of nitriles is 1. The van der Waals surface area contributed by atoms with Gasteiger partial charge in [-0.1, -0.05) is 0 Å². The predicted molar refractivity (Wildman–Crippen MR) is 58.5 cm³/mol. The molecule has 0 aliphatic carbocycles. The highest BCUT2D eigenvalue weighted by atomic mass is 32.2. The number of sulfone groups is 1. The van der Waals surface area contributed by atoms with Crippen LogP contribution in [0.25, 0.3) is 0 Å². The number of aromatic nitrogens is 2. The molecule has 0 radical (unpaired) electrons. The third-order valence-electron chi connectivity index (χ3n) is 2.75. The first-order valence-corrected chi connectivity index (χ1v) is 7.03. The molecule has 0 N–H and O–H groups in total. The molecule has 5 nitrogen and oxygen atoms in total. The Hall–Kier alpha value is -1.35. The molecule has 16 heavy (non-hydrogen) atoms. The third kappa shape index (κ3) is 2.42. The highest BCUT2D eigenvalue weighted by Gasteiger charge is 2.26. The second kappa shape index (κ2) is 4.26. The van der Waals surface area contributed by atoms with Crippen molar-refractivity contribution in [3.8, 4) is 6.07 Å². The van der Waals surface area contributed by atoms with Crippen LogP contribution in [0.5, 0.6) is 0 Å². The molecule has 0 aromatic carbocycles. The van der Waals surface area contributed by atoms with E-state index < -0.39 is 9.84 Å². The van der Waals surface area contributed by atoms with Crippen LogP contribution in [0.15, 0.2) is 12.4 Å². The van der Waals surface area contributed by atoms with Crippen LogP contribution in [0.4, 0.5) is 0 Å². The molecule has 1 aliphatic rings. The first kappa shape index (κ1) is 11.1. The van der Waals surface area contributed by atoms with Gasteiger partial charge < -0.3 is 0 Å². The monoisotopic (exact) mass is 239 g/mol. The molecule has 0 bridgehead atoms. The Kier molecular flexibility index (Phi) is 2.97. The van der Waals surface area contributed by atoms with Crippen LogP contribution in [0.1, 0.15) is 24.4 Å². The van der Waals surface area contributed by atoms with Crippen LogP contribution in [0.2, 0.25) is 0 Å². The Morgan fingerprint density at radius 2 is 2.44 bits per heavy atom. The lowest BCUT2D eigenvalue weighted by atomic mass is 10.2. The SMILES string of the molecule is N#CCc1cnn(C2CCCS(=O)(=O)C2)c1. The van der Waals surface area contributed by atoms with Crippen molar-refractivity contribution in [2.24, 2.45) is 0 Å². The molecule has 1 aromatic heterocycles. The summed E-state index contributed by atoms with van der Waals surface area (Å²) in [7, 11) is -2.91. The molecular weight excluding hydrogens is 226 g/mol. The van der Waals surface area contributed by atoms with Gasteiger partial charge in [-0.3, -0.25) is 4.68 Å². The van der Waals surface area contributed by atoms with Crippen LogP contribution >= 0.6 is 0 Å². The summed E-state index contributed by atoms with van der Waals surface area (Å²) in [6.07, 6.45) is 5.26. The van der Waals surface area contributed by atoms with Gasteiger partial charge in [0.25, 0.3) is 0 Å². The fraction of sp³-hybridized carbons (Fsp3) is 0.600. The lowest BCUT2D eigenvalue weighted by Crippen LogP contribution is -2.27. The van der Waals surface area contributed by atoms with Crippen molar-refractivity contribution in [2.45, 2.75) is 25.3 Å². The molecule has 0 saturated carbocycles. The Bertz CT molecular complexity index is 512. The van der Waals surface area contributed by atoms with Crippen molar-refractivity contribution < 1.29 is 8.42 Å². The molecule has 1 aliphatic heterocycles. The maximum Gasteiger partial charge on any atom is 0.152 e. The minimum absolute atomic E-state index is 0.0637. The molecule has 0 spiro atoms. The van der Waals surface area contributed by atoms with E-state index in [0.29, 0.717) is 12.8 Å². The Morgan fingerprint density at radius 1 is 1.62 bits per heavy atom. The van der Waals surface area contributed by atoms with Gasteiger partial charge in [-0.2, -0.15) is 10.4 Å². The quantitative estimate of drug-likeness (QED) is 0.761. The second-order valence-electron chi connectivity index (χ2n) is 4.07. The first-order chi connectivity index (χ1) is 7.61. The van der Waals surface area contributed by atoms with E-state index in [1.54, 1.807) is 17.1 Å². The van der Waals surface area contributed by atoms with Crippen LogP contribution < -0.4 is 0 Å². The third-order valence-corrected chi connectivity index (χ3v) is 4.55.